The molecule has 2 saturated heterocycles. The van der Waals surface area contributed by atoms with Gasteiger partial charge in [0.1, 0.15) is 11.9 Å². The molecule has 4 atom stereocenters. The number of ether oxygens (including phenoxy) is 2. The van der Waals surface area contributed by atoms with Crippen LogP contribution in [0.25, 0.3) is 0 Å². The minimum absolute atomic E-state index is 0.240. The monoisotopic (exact) mass is 356 g/mol. The molecular formula is C21H24O5. The topological polar surface area (TPSA) is 79.2 Å². The molecule has 2 aromatic carbocycles. The van der Waals surface area contributed by atoms with E-state index in [0.717, 1.165) is 16.7 Å². The fourth-order valence-corrected chi connectivity index (χ4v) is 3.96. The van der Waals surface area contributed by atoms with Gasteiger partial charge in [-0.15, -0.1) is 0 Å². The number of aryl methyl sites for hydroxylation is 1. The van der Waals surface area contributed by atoms with Crippen molar-refractivity contribution in [2.75, 3.05) is 6.61 Å². The van der Waals surface area contributed by atoms with Gasteiger partial charge >= 0.3 is 0 Å². The second-order valence-electron chi connectivity index (χ2n) is 7.71. The van der Waals surface area contributed by atoms with Gasteiger partial charge < -0.3 is 24.8 Å². The van der Waals surface area contributed by atoms with E-state index in [1.54, 1.807) is 12.1 Å². The van der Waals surface area contributed by atoms with E-state index in [0.29, 0.717) is 25.0 Å². The van der Waals surface area contributed by atoms with Crippen molar-refractivity contribution in [1.82, 2.24) is 0 Å². The van der Waals surface area contributed by atoms with Crippen molar-refractivity contribution >= 4 is 0 Å². The van der Waals surface area contributed by atoms with Crippen molar-refractivity contribution in [3.63, 3.8) is 0 Å². The molecule has 4 rings (SSSR count). The first-order chi connectivity index (χ1) is 12.3. The number of aromatic hydroxyl groups is 1. The molecule has 2 bridgehead atoms. The summed E-state index contributed by atoms with van der Waals surface area (Å²) in [5, 5.41) is 30.4. The number of aliphatic hydroxyl groups is 2. The summed E-state index contributed by atoms with van der Waals surface area (Å²) >= 11 is 0. The second kappa shape index (κ2) is 6.06. The maximum atomic E-state index is 10.6. The Labute approximate surface area is 152 Å². The van der Waals surface area contributed by atoms with Crippen LogP contribution in [0.15, 0.2) is 42.5 Å². The number of hydrogen-bond acceptors (Lipinski definition) is 5. The lowest BCUT2D eigenvalue weighted by Gasteiger charge is -2.42. The van der Waals surface area contributed by atoms with Crippen LogP contribution in [-0.4, -0.2) is 39.7 Å². The van der Waals surface area contributed by atoms with E-state index < -0.39 is 23.6 Å². The predicted molar refractivity (Wildman–Crippen MR) is 95.8 cm³/mol. The molecule has 0 aromatic heterocycles. The van der Waals surface area contributed by atoms with Gasteiger partial charge in [-0.3, -0.25) is 0 Å². The van der Waals surface area contributed by atoms with Crippen molar-refractivity contribution in [3.05, 3.63) is 64.7 Å². The quantitative estimate of drug-likeness (QED) is 0.787. The highest BCUT2D eigenvalue weighted by Gasteiger charge is 2.60. The molecule has 2 fully saturated rings. The first kappa shape index (κ1) is 17.5. The van der Waals surface area contributed by atoms with Gasteiger partial charge in [0.15, 0.2) is 0 Å². The molecule has 2 aliphatic heterocycles. The molecule has 2 heterocycles. The van der Waals surface area contributed by atoms with E-state index >= 15 is 0 Å². The molecule has 138 valence electrons. The minimum Gasteiger partial charge on any atom is -0.508 e. The van der Waals surface area contributed by atoms with Gasteiger partial charge in [-0.05, 0) is 55.2 Å². The molecule has 0 spiro atoms. The average Bonchev–Trinajstić information content (AvgIpc) is 2.92. The maximum Gasteiger partial charge on any atom is 0.225 e. The Morgan fingerprint density at radius 2 is 1.85 bits per heavy atom. The fourth-order valence-electron chi connectivity index (χ4n) is 3.96. The molecule has 3 N–H and O–H groups in total. The van der Waals surface area contributed by atoms with E-state index in [2.05, 4.69) is 0 Å². The van der Waals surface area contributed by atoms with E-state index in [1.807, 2.05) is 44.2 Å². The number of aliphatic hydroxyl groups excluding tert-OH is 2. The third-order valence-corrected chi connectivity index (χ3v) is 5.47. The average molecular weight is 356 g/mol. The van der Waals surface area contributed by atoms with Gasteiger partial charge in [-0.2, -0.15) is 0 Å². The molecular weight excluding hydrogens is 332 g/mol. The van der Waals surface area contributed by atoms with Crippen LogP contribution in [-0.2, 0) is 21.7 Å². The molecule has 0 unspecified atom stereocenters. The predicted octanol–water partition coefficient (Wildman–Crippen LogP) is 2.38. The summed E-state index contributed by atoms with van der Waals surface area (Å²) in [4.78, 5) is 0. The highest BCUT2D eigenvalue weighted by atomic mass is 16.8. The zero-order valence-corrected chi connectivity index (χ0v) is 15.0. The van der Waals surface area contributed by atoms with E-state index in [-0.39, 0.29) is 5.75 Å². The smallest absolute Gasteiger partial charge is 0.225 e. The summed E-state index contributed by atoms with van der Waals surface area (Å²) in [6.07, 6.45) is -0.992. The van der Waals surface area contributed by atoms with Crippen LogP contribution in [0.4, 0.5) is 0 Å². The third-order valence-electron chi connectivity index (χ3n) is 5.47. The van der Waals surface area contributed by atoms with Crippen LogP contribution in [0.1, 0.15) is 35.6 Å². The Morgan fingerprint density at radius 3 is 2.58 bits per heavy atom. The van der Waals surface area contributed by atoms with Crippen LogP contribution < -0.4 is 0 Å². The maximum absolute atomic E-state index is 10.6. The van der Waals surface area contributed by atoms with Crippen molar-refractivity contribution < 1.29 is 24.8 Å². The molecule has 0 aliphatic carbocycles. The largest absolute Gasteiger partial charge is 0.508 e. The lowest BCUT2D eigenvalue weighted by Crippen LogP contribution is -2.55. The molecule has 5 nitrogen and oxygen atoms in total. The second-order valence-corrected chi connectivity index (χ2v) is 7.71. The molecule has 26 heavy (non-hydrogen) atoms. The highest BCUT2D eigenvalue weighted by Crippen LogP contribution is 2.49. The van der Waals surface area contributed by atoms with Gasteiger partial charge in [0.05, 0.1) is 18.3 Å². The molecule has 0 saturated carbocycles. The normalized spacial score (nSPS) is 33.4. The third kappa shape index (κ3) is 2.81. The fraction of sp³-hybridized carbons (Fsp3) is 0.429. The van der Waals surface area contributed by atoms with Crippen LogP contribution in [0.3, 0.4) is 0 Å². The van der Waals surface area contributed by atoms with Gasteiger partial charge in [0, 0.05) is 12.0 Å². The SMILES string of the molecule is Cc1ccc([C@@]23OC[C@@](C)(C[C@H](O)[C@H]2O)O3)cc1Cc1ccc(O)cc1. The first-order valence-electron chi connectivity index (χ1n) is 8.89. The summed E-state index contributed by atoms with van der Waals surface area (Å²) in [6.45, 7) is 4.27. The Balaban J connectivity index is 1.70. The Kier molecular flexibility index (Phi) is 4.08. The van der Waals surface area contributed by atoms with Crippen molar-refractivity contribution in [2.24, 2.45) is 0 Å². The van der Waals surface area contributed by atoms with E-state index in [1.165, 1.54) is 0 Å². The Bertz CT molecular complexity index is 818. The molecule has 0 amide bonds. The van der Waals surface area contributed by atoms with E-state index in [4.69, 9.17) is 9.47 Å². The van der Waals surface area contributed by atoms with Gasteiger partial charge in [0.25, 0.3) is 0 Å². The molecule has 0 radical (unpaired) electrons. The number of benzene rings is 2. The van der Waals surface area contributed by atoms with E-state index in [9.17, 15) is 15.3 Å². The number of phenolic OH excluding ortho intramolecular Hbond substituents is 1. The summed E-state index contributed by atoms with van der Waals surface area (Å²) in [5.41, 5.74) is 3.39. The minimum atomic E-state index is -1.33. The number of fused-ring (bicyclic) bond motifs is 2. The first-order valence-corrected chi connectivity index (χ1v) is 8.89. The molecule has 2 aliphatic rings. The lowest BCUT2D eigenvalue weighted by atomic mass is 9.86. The Hall–Kier alpha value is -1.92. The zero-order chi connectivity index (χ0) is 18.5. The van der Waals surface area contributed by atoms with Crippen LogP contribution >= 0.6 is 0 Å². The van der Waals surface area contributed by atoms with Crippen molar-refractivity contribution in [1.29, 1.82) is 0 Å². The lowest BCUT2D eigenvalue weighted by molar-refractivity contribution is -0.296. The number of rotatable bonds is 3. The van der Waals surface area contributed by atoms with Crippen LogP contribution in [0.2, 0.25) is 0 Å². The molecule has 2 aromatic rings. The molecule has 5 heteroatoms. The summed E-state index contributed by atoms with van der Waals surface area (Å²) in [5.74, 6) is -1.09. The number of phenols is 1. The summed E-state index contributed by atoms with van der Waals surface area (Å²) in [6, 6.07) is 13.0. The summed E-state index contributed by atoms with van der Waals surface area (Å²) < 4.78 is 12.1. The van der Waals surface area contributed by atoms with Gasteiger partial charge in [0.2, 0.25) is 5.79 Å². The van der Waals surface area contributed by atoms with Crippen LogP contribution in [0.5, 0.6) is 5.75 Å². The Morgan fingerprint density at radius 1 is 1.12 bits per heavy atom. The van der Waals surface area contributed by atoms with Crippen LogP contribution in [0, 0.1) is 6.92 Å². The summed E-state index contributed by atoms with van der Waals surface area (Å²) in [7, 11) is 0. The zero-order valence-electron chi connectivity index (χ0n) is 15.0. The van der Waals surface area contributed by atoms with Crippen molar-refractivity contribution in [2.45, 2.75) is 50.3 Å². The van der Waals surface area contributed by atoms with Gasteiger partial charge in [-0.25, -0.2) is 0 Å². The van der Waals surface area contributed by atoms with Gasteiger partial charge in [-0.1, -0.05) is 24.3 Å². The standard InChI is InChI=1S/C21H24O5/c1-13-3-6-16(10-15(13)9-14-4-7-17(22)8-5-14)21-19(24)18(23)11-20(2,26-21)12-25-21/h3-8,10,18-19,22-24H,9,11-12H2,1-2H3/t18-,19+,20+,21-/m0/s1. The highest BCUT2D eigenvalue weighted by molar-refractivity contribution is 5.39. The number of hydrogen-bond donors (Lipinski definition) is 3. The van der Waals surface area contributed by atoms with Crippen molar-refractivity contribution in [3.8, 4) is 5.75 Å².